The molecule has 1 amide bonds. The van der Waals surface area contributed by atoms with Crippen molar-refractivity contribution in [2.24, 2.45) is 13.0 Å². The number of rotatable bonds is 7. The number of sulfone groups is 1. The highest BCUT2D eigenvalue weighted by atomic mass is 32.2. The van der Waals surface area contributed by atoms with Gasteiger partial charge in [0.1, 0.15) is 5.82 Å². The summed E-state index contributed by atoms with van der Waals surface area (Å²) in [5.74, 6) is 1.38. The number of hydrogen-bond acceptors (Lipinski definition) is 6. The predicted octanol–water partition coefficient (Wildman–Crippen LogP) is 0.799. The summed E-state index contributed by atoms with van der Waals surface area (Å²) in [4.78, 5) is 11.9. The quantitative estimate of drug-likeness (QED) is 0.723. The van der Waals surface area contributed by atoms with E-state index in [0.717, 1.165) is 12.2 Å². The largest absolute Gasteiger partial charge is 0.355 e. The molecule has 0 saturated carbocycles. The van der Waals surface area contributed by atoms with Crippen molar-refractivity contribution >= 4 is 27.5 Å². The molecule has 1 aromatic heterocycles. The van der Waals surface area contributed by atoms with Gasteiger partial charge in [0.15, 0.2) is 15.0 Å². The Labute approximate surface area is 141 Å². The molecule has 2 heterocycles. The van der Waals surface area contributed by atoms with E-state index >= 15 is 0 Å². The van der Waals surface area contributed by atoms with Gasteiger partial charge in [0.25, 0.3) is 0 Å². The van der Waals surface area contributed by atoms with Crippen LogP contribution in [0.1, 0.15) is 32.5 Å². The van der Waals surface area contributed by atoms with Crippen molar-refractivity contribution in [2.45, 2.75) is 43.5 Å². The van der Waals surface area contributed by atoms with Crippen molar-refractivity contribution in [1.82, 2.24) is 20.1 Å². The summed E-state index contributed by atoms with van der Waals surface area (Å²) in [6.45, 7) is 4.52. The van der Waals surface area contributed by atoms with Gasteiger partial charge < -0.3 is 9.88 Å². The van der Waals surface area contributed by atoms with Crippen LogP contribution in [0.25, 0.3) is 0 Å². The van der Waals surface area contributed by atoms with Gasteiger partial charge >= 0.3 is 0 Å². The molecule has 1 saturated heterocycles. The summed E-state index contributed by atoms with van der Waals surface area (Å²) in [6, 6.07) is 0. The summed E-state index contributed by atoms with van der Waals surface area (Å²) < 4.78 is 24.9. The van der Waals surface area contributed by atoms with Crippen LogP contribution in [0.3, 0.4) is 0 Å². The first-order valence-electron chi connectivity index (χ1n) is 7.85. The van der Waals surface area contributed by atoms with Gasteiger partial charge in [-0.2, -0.15) is 0 Å². The molecular formula is C14H24N4O3S2. The number of carbonyl (C=O) groups is 1. The molecule has 1 aliphatic heterocycles. The minimum absolute atomic E-state index is 0.0108. The SMILES string of the molecule is CCCNC(=O)[C@@H](C)Sc1nnc(C[C@H]2CCS(=O)(=O)C2)n1C. The van der Waals surface area contributed by atoms with E-state index in [9.17, 15) is 13.2 Å². The number of carbonyl (C=O) groups excluding carboxylic acids is 1. The zero-order chi connectivity index (χ0) is 17.0. The van der Waals surface area contributed by atoms with Crippen LogP contribution in [0.4, 0.5) is 0 Å². The summed E-state index contributed by atoms with van der Waals surface area (Å²) in [7, 11) is -1.02. The molecule has 0 radical (unpaired) electrons. The molecule has 1 fully saturated rings. The lowest BCUT2D eigenvalue weighted by atomic mass is 10.1. The molecule has 1 aromatic rings. The van der Waals surface area contributed by atoms with Gasteiger partial charge in [0.05, 0.1) is 16.8 Å². The van der Waals surface area contributed by atoms with Crippen molar-refractivity contribution in [3.63, 3.8) is 0 Å². The van der Waals surface area contributed by atoms with Gasteiger partial charge in [-0.25, -0.2) is 8.42 Å². The molecule has 7 nitrogen and oxygen atoms in total. The van der Waals surface area contributed by atoms with E-state index in [-0.39, 0.29) is 28.6 Å². The third-order valence-electron chi connectivity index (χ3n) is 3.92. The number of aromatic nitrogens is 3. The highest BCUT2D eigenvalue weighted by molar-refractivity contribution is 8.00. The third-order valence-corrected chi connectivity index (χ3v) is 6.89. The van der Waals surface area contributed by atoms with Crippen LogP contribution in [0.5, 0.6) is 0 Å². The lowest BCUT2D eigenvalue weighted by Gasteiger charge is -2.11. The highest BCUT2D eigenvalue weighted by Gasteiger charge is 2.29. The average molecular weight is 361 g/mol. The van der Waals surface area contributed by atoms with Crippen LogP contribution in [0.2, 0.25) is 0 Å². The summed E-state index contributed by atoms with van der Waals surface area (Å²) in [6.07, 6.45) is 2.20. The molecule has 0 unspecified atom stereocenters. The van der Waals surface area contributed by atoms with Crippen LogP contribution in [0.15, 0.2) is 5.16 Å². The zero-order valence-electron chi connectivity index (χ0n) is 13.8. The van der Waals surface area contributed by atoms with Gasteiger partial charge in [-0.15, -0.1) is 10.2 Å². The first kappa shape index (κ1) is 18.3. The Morgan fingerprint density at radius 1 is 1.48 bits per heavy atom. The summed E-state index contributed by atoms with van der Waals surface area (Å²) in [5.41, 5.74) is 0. The Balaban J connectivity index is 1.95. The normalized spacial score (nSPS) is 21.3. The molecule has 130 valence electrons. The van der Waals surface area contributed by atoms with E-state index in [1.54, 1.807) is 0 Å². The topological polar surface area (TPSA) is 94.0 Å². The number of nitrogens with zero attached hydrogens (tertiary/aromatic N) is 3. The zero-order valence-corrected chi connectivity index (χ0v) is 15.4. The number of thioether (sulfide) groups is 1. The number of amides is 1. The second kappa shape index (κ2) is 7.65. The highest BCUT2D eigenvalue weighted by Crippen LogP contribution is 2.25. The Bertz CT molecular complexity index is 657. The van der Waals surface area contributed by atoms with Crippen LogP contribution < -0.4 is 5.32 Å². The van der Waals surface area contributed by atoms with E-state index in [1.807, 2.05) is 25.5 Å². The fourth-order valence-corrected chi connectivity index (χ4v) is 5.24. The maximum Gasteiger partial charge on any atom is 0.233 e. The fraction of sp³-hybridized carbons (Fsp3) is 0.786. The van der Waals surface area contributed by atoms with Gasteiger partial charge in [-0.05, 0) is 25.7 Å². The molecule has 9 heteroatoms. The minimum atomic E-state index is -2.88. The smallest absolute Gasteiger partial charge is 0.233 e. The van der Waals surface area contributed by atoms with Gasteiger partial charge in [0, 0.05) is 20.0 Å². The molecule has 1 aliphatic rings. The van der Waals surface area contributed by atoms with Crippen molar-refractivity contribution < 1.29 is 13.2 Å². The van der Waals surface area contributed by atoms with E-state index in [4.69, 9.17) is 0 Å². The second-order valence-corrected chi connectivity index (χ2v) is 9.52. The van der Waals surface area contributed by atoms with Crippen LogP contribution in [-0.2, 0) is 28.1 Å². The van der Waals surface area contributed by atoms with Gasteiger partial charge in [-0.3, -0.25) is 4.79 Å². The lowest BCUT2D eigenvalue weighted by Crippen LogP contribution is -2.31. The van der Waals surface area contributed by atoms with E-state index in [1.165, 1.54) is 11.8 Å². The van der Waals surface area contributed by atoms with Crippen molar-refractivity contribution in [3.8, 4) is 0 Å². The van der Waals surface area contributed by atoms with Crippen LogP contribution >= 0.6 is 11.8 Å². The molecule has 0 bridgehead atoms. The molecule has 23 heavy (non-hydrogen) atoms. The minimum Gasteiger partial charge on any atom is -0.355 e. The summed E-state index contributed by atoms with van der Waals surface area (Å²) >= 11 is 1.37. The lowest BCUT2D eigenvalue weighted by molar-refractivity contribution is -0.120. The molecule has 2 atom stereocenters. The fourth-order valence-electron chi connectivity index (χ4n) is 2.52. The van der Waals surface area contributed by atoms with Crippen molar-refractivity contribution in [2.75, 3.05) is 18.1 Å². The van der Waals surface area contributed by atoms with E-state index in [2.05, 4.69) is 15.5 Å². The van der Waals surface area contributed by atoms with Crippen molar-refractivity contribution in [1.29, 1.82) is 0 Å². The number of hydrogen-bond donors (Lipinski definition) is 1. The van der Waals surface area contributed by atoms with E-state index in [0.29, 0.717) is 24.5 Å². The first-order valence-corrected chi connectivity index (χ1v) is 10.6. The average Bonchev–Trinajstić information content (AvgIpc) is 3.01. The Hall–Kier alpha value is -1.09. The van der Waals surface area contributed by atoms with Crippen LogP contribution in [-0.4, -0.2) is 52.4 Å². The van der Waals surface area contributed by atoms with Gasteiger partial charge in [-0.1, -0.05) is 18.7 Å². The molecule has 0 spiro atoms. The number of nitrogens with one attached hydrogen (secondary N) is 1. The van der Waals surface area contributed by atoms with Crippen LogP contribution in [0, 0.1) is 5.92 Å². The van der Waals surface area contributed by atoms with Gasteiger partial charge in [0.2, 0.25) is 5.91 Å². The maximum absolute atomic E-state index is 11.9. The molecule has 1 N–H and O–H groups in total. The Morgan fingerprint density at radius 3 is 2.83 bits per heavy atom. The van der Waals surface area contributed by atoms with E-state index < -0.39 is 9.84 Å². The Morgan fingerprint density at radius 2 is 2.22 bits per heavy atom. The van der Waals surface area contributed by atoms with Crippen molar-refractivity contribution in [3.05, 3.63) is 5.82 Å². The molecule has 0 aromatic carbocycles. The third kappa shape index (κ3) is 4.94. The molecule has 2 rings (SSSR count). The second-order valence-electron chi connectivity index (χ2n) is 5.98. The predicted molar refractivity (Wildman–Crippen MR) is 90.1 cm³/mol. The standard InChI is InChI=1S/C14H24N4O3S2/c1-4-6-15-13(19)10(2)22-14-17-16-12(18(14)3)8-11-5-7-23(20,21)9-11/h10-11H,4-9H2,1-3H3,(H,15,19)/t10-,11-/m1/s1. The Kier molecular flexibility index (Phi) is 6.07. The summed E-state index contributed by atoms with van der Waals surface area (Å²) in [5, 5.41) is 11.6. The maximum atomic E-state index is 11.9. The molecule has 0 aliphatic carbocycles. The monoisotopic (exact) mass is 360 g/mol. The molecular weight excluding hydrogens is 336 g/mol. The first-order chi connectivity index (χ1) is 10.8.